The number of rotatable bonds is 6. The van der Waals surface area contributed by atoms with E-state index in [1.807, 2.05) is 53.4 Å². The summed E-state index contributed by atoms with van der Waals surface area (Å²) in [5.41, 5.74) is 1.14. The van der Waals surface area contributed by atoms with E-state index in [0.29, 0.717) is 0 Å². The van der Waals surface area contributed by atoms with Gasteiger partial charge in [0.05, 0.1) is 0 Å². The zero-order valence-electron chi connectivity index (χ0n) is 12.8. The van der Waals surface area contributed by atoms with Crippen molar-refractivity contribution in [2.45, 2.75) is 31.9 Å². The Morgan fingerprint density at radius 3 is 2.27 bits per heavy atom. The molecule has 3 rings (SSSR count). The highest BCUT2D eigenvalue weighted by molar-refractivity contribution is 5.89. The van der Waals surface area contributed by atoms with E-state index >= 15 is 0 Å². The van der Waals surface area contributed by atoms with Crippen molar-refractivity contribution in [3.63, 3.8) is 0 Å². The molecule has 2 aromatic rings. The van der Waals surface area contributed by atoms with Gasteiger partial charge >= 0.3 is 0 Å². The topological polar surface area (TPSA) is 29.5 Å². The Kier molecular flexibility index (Phi) is 4.42. The molecule has 1 amide bonds. The summed E-state index contributed by atoms with van der Waals surface area (Å²) in [6.45, 7) is 2.93. The minimum Gasteiger partial charge on any atom is -0.478 e. The van der Waals surface area contributed by atoms with Gasteiger partial charge in [0.15, 0.2) is 0 Å². The largest absolute Gasteiger partial charge is 0.478 e. The molecule has 22 heavy (non-hydrogen) atoms. The molecule has 0 spiro atoms. The number of nitrogens with zero attached hydrogens (tertiary/aromatic N) is 1. The smallest absolute Gasteiger partial charge is 0.266 e. The first-order valence-electron chi connectivity index (χ1n) is 7.88. The van der Waals surface area contributed by atoms with Crippen LogP contribution in [0.25, 0.3) is 0 Å². The minimum atomic E-state index is -0.415. The summed E-state index contributed by atoms with van der Waals surface area (Å²) in [5, 5.41) is 0. The van der Waals surface area contributed by atoms with Gasteiger partial charge in [0, 0.05) is 6.54 Å². The second-order valence-corrected chi connectivity index (χ2v) is 5.59. The van der Waals surface area contributed by atoms with E-state index in [0.717, 1.165) is 30.7 Å². The molecule has 2 aromatic carbocycles. The molecule has 0 radical (unpaired) electrons. The van der Waals surface area contributed by atoms with Crippen molar-refractivity contribution in [2.24, 2.45) is 0 Å². The van der Waals surface area contributed by atoms with Crippen molar-refractivity contribution in [1.29, 1.82) is 0 Å². The Balaban J connectivity index is 1.80. The molecule has 3 heteroatoms. The summed E-state index contributed by atoms with van der Waals surface area (Å²) in [4.78, 5) is 14.4. The molecule has 0 N–H and O–H groups in total. The van der Waals surface area contributed by atoms with E-state index in [4.69, 9.17) is 4.74 Å². The average Bonchev–Trinajstić information content (AvgIpc) is 2.58. The summed E-state index contributed by atoms with van der Waals surface area (Å²) in [6, 6.07) is 19.7. The van der Waals surface area contributed by atoms with E-state index in [1.54, 1.807) is 0 Å². The first-order valence-corrected chi connectivity index (χ1v) is 7.88. The first kappa shape index (κ1) is 14.6. The summed E-state index contributed by atoms with van der Waals surface area (Å²) >= 11 is 0. The fourth-order valence-corrected chi connectivity index (χ4v) is 2.86. The number of para-hydroxylation sites is 1. The van der Waals surface area contributed by atoms with Crippen molar-refractivity contribution in [3.05, 3.63) is 66.2 Å². The van der Waals surface area contributed by atoms with Crippen LogP contribution in [0.2, 0.25) is 0 Å². The summed E-state index contributed by atoms with van der Waals surface area (Å²) in [7, 11) is 0. The van der Waals surface area contributed by atoms with Gasteiger partial charge in [-0.1, -0.05) is 61.9 Å². The summed E-state index contributed by atoms with van der Waals surface area (Å²) < 4.78 is 5.95. The Labute approximate surface area is 131 Å². The second-order valence-electron chi connectivity index (χ2n) is 5.59. The van der Waals surface area contributed by atoms with Crippen molar-refractivity contribution >= 4 is 5.91 Å². The molecule has 0 aliphatic carbocycles. The van der Waals surface area contributed by atoms with Crippen LogP contribution in [0.3, 0.4) is 0 Å². The van der Waals surface area contributed by atoms with E-state index < -0.39 is 6.10 Å². The van der Waals surface area contributed by atoms with E-state index in [2.05, 4.69) is 19.1 Å². The lowest BCUT2D eigenvalue weighted by Gasteiger charge is -2.46. The normalized spacial score (nSPS) is 20.6. The van der Waals surface area contributed by atoms with Crippen molar-refractivity contribution < 1.29 is 9.53 Å². The molecule has 114 valence electrons. The standard InChI is InChI=1S/C19H21NO2/c1-2-3-14-20-17(15-10-6-4-7-11-15)18(19(20)21)22-16-12-8-5-9-13-16/h4-13,17-18H,2-3,14H2,1H3. The van der Waals surface area contributed by atoms with Gasteiger partial charge in [0.1, 0.15) is 11.8 Å². The van der Waals surface area contributed by atoms with Crippen LogP contribution < -0.4 is 4.74 Å². The van der Waals surface area contributed by atoms with Crippen molar-refractivity contribution in [2.75, 3.05) is 6.54 Å². The predicted molar refractivity (Wildman–Crippen MR) is 86.7 cm³/mol. The number of amides is 1. The van der Waals surface area contributed by atoms with Crippen molar-refractivity contribution in [1.82, 2.24) is 4.90 Å². The predicted octanol–water partition coefficient (Wildman–Crippen LogP) is 3.82. The van der Waals surface area contributed by atoms with Crippen LogP contribution in [0.1, 0.15) is 31.4 Å². The maximum absolute atomic E-state index is 12.5. The molecule has 0 bridgehead atoms. The molecular formula is C19H21NO2. The lowest BCUT2D eigenvalue weighted by Crippen LogP contribution is -2.61. The fourth-order valence-electron chi connectivity index (χ4n) is 2.86. The Bertz CT molecular complexity index is 612. The molecule has 1 fully saturated rings. The molecule has 1 aliphatic rings. The lowest BCUT2D eigenvalue weighted by atomic mass is 9.90. The monoisotopic (exact) mass is 295 g/mol. The Hall–Kier alpha value is -2.29. The SMILES string of the molecule is CCCCN1C(=O)C(Oc2ccccc2)C1c1ccccc1. The van der Waals surface area contributed by atoms with E-state index in [1.165, 1.54) is 0 Å². The van der Waals surface area contributed by atoms with Gasteiger partial charge in [-0.05, 0) is 24.1 Å². The van der Waals surface area contributed by atoms with E-state index in [9.17, 15) is 4.79 Å². The lowest BCUT2D eigenvalue weighted by molar-refractivity contribution is -0.164. The zero-order chi connectivity index (χ0) is 15.4. The average molecular weight is 295 g/mol. The van der Waals surface area contributed by atoms with Gasteiger partial charge in [-0.25, -0.2) is 0 Å². The zero-order valence-corrected chi connectivity index (χ0v) is 12.8. The third-order valence-electron chi connectivity index (χ3n) is 4.05. The molecule has 0 aromatic heterocycles. The van der Waals surface area contributed by atoms with Crippen molar-refractivity contribution in [3.8, 4) is 5.75 Å². The van der Waals surface area contributed by atoms with Crippen LogP contribution in [0.15, 0.2) is 60.7 Å². The number of benzene rings is 2. The number of hydrogen-bond donors (Lipinski definition) is 0. The number of hydrogen-bond acceptors (Lipinski definition) is 2. The van der Waals surface area contributed by atoms with Crippen LogP contribution in [-0.2, 0) is 4.79 Å². The molecule has 2 atom stereocenters. The van der Waals surface area contributed by atoms with Gasteiger partial charge < -0.3 is 9.64 Å². The van der Waals surface area contributed by atoms with Crippen LogP contribution >= 0.6 is 0 Å². The third kappa shape index (κ3) is 2.84. The molecule has 3 nitrogen and oxygen atoms in total. The third-order valence-corrected chi connectivity index (χ3v) is 4.05. The van der Waals surface area contributed by atoms with Crippen LogP contribution in [-0.4, -0.2) is 23.5 Å². The molecule has 0 saturated carbocycles. The highest BCUT2D eigenvalue weighted by Crippen LogP contribution is 2.37. The number of unbranched alkanes of at least 4 members (excludes halogenated alkanes) is 1. The van der Waals surface area contributed by atoms with Crippen LogP contribution in [0, 0.1) is 0 Å². The number of β-lactam (4-membered cyclic amide) rings is 1. The Morgan fingerprint density at radius 2 is 1.64 bits per heavy atom. The quantitative estimate of drug-likeness (QED) is 0.758. The van der Waals surface area contributed by atoms with Gasteiger partial charge in [0.25, 0.3) is 5.91 Å². The second kappa shape index (κ2) is 6.65. The molecular weight excluding hydrogens is 274 g/mol. The number of carbonyl (C=O) groups is 1. The highest BCUT2D eigenvalue weighted by Gasteiger charge is 2.49. The number of carbonyl (C=O) groups excluding carboxylic acids is 1. The number of ether oxygens (including phenoxy) is 1. The van der Waals surface area contributed by atoms with Gasteiger partial charge in [-0.2, -0.15) is 0 Å². The molecule has 2 unspecified atom stereocenters. The molecule has 1 heterocycles. The molecule has 1 saturated heterocycles. The first-order chi connectivity index (χ1) is 10.8. The van der Waals surface area contributed by atoms with Gasteiger partial charge in [-0.15, -0.1) is 0 Å². The van der Waals surface area contributed by atoms with E-state index in [-0.39, 0.29) is 11.9 Å². The maximum atomic E-state index is 12.5. The number of likely N-dealkylation sites (tertiary alicyclic amines) is 1. The molecule has 1 aliphatic heterocycles. The van der Waals surface area contributed by atoms with Crippen LogP contribution in [0.4, 0.5) is 0 Å². The Morgan fingerprint density at radius 1 is 1.00 bits per heavy atom. The fraction of sp³-hybridized carbons (Fsp3) is 0.316. The summed E-state index contributed by atoms with van der Waals surface area (Å²) in [5.74, 6) is 0.836. The summed E-state index contributed by atoms with van der Waals surface area (Å²) in [6.07, 6.45) is 1.68. The van der Waals surface area contributed by atoms with Crippen LogP contribution in [0.5, 0.6) is 5.75 Å². The minimum absolute atomic E-state index is 0.0143. The van der Waals surface area contributed by atoms with Gasteiger partial charge in [-0.3, -0.25) is 4.79 Å². The maximum Gasteiger partial charge on any atom is 0.266 e. The van der Waals surface area contributed by atoms with Gasteiger partial charge in [0.2, 0.25) is 6.10 Å². The highest BCUT2D eigenvalue weighted by atomic mass is 16.5.